The molecule has 1 aromatic rings. The van der Waals surface area contributed by atoms with Crippen LogP contribution in [0.1, 0.15) is 43.5 Å². The van der Waals surface area contributed by atoms with Gasteiger partial charge >= 0.3 is 0 Å². The summed E-state index contributed by atoms with van der Waals surface area (Å²) in [5, 5.41) is 3.19. The molecule has 1 N–H and O–H groups in total. The third kappa shape index (κ3) is 2.99. The quantitative estimate of drug-likeness (QED) is 0.910. The summed E-state index contributed by atoms with van der Waals surface area (Å²) >= 11 is 0. The standard InChI is InChI=1S/C17H23NO3/c1-11-4-3-5-14(12(11)2)18-17(19)13-6-7-15-16(10-13)21-9-8-20-15/h6-7,10-12,14H,3-5,8-9H2,1-2H3,(H,18,19)/t11-,12-,14+/m1/s1. The smallest absolute Gasteiger partial charge is 0.251 e. The van der Waals surface area contributed by atoms with Crippen molar-refractivity contribution in [2.45, 2.75) is 39.2 Å². The SMILES string of the molecule is C[C@@H]1[C@H](C)CCC[C@@H]1NC(=O)c1ccc2c(c1)OCCO2. The fraction of sp³-hybridized carbons (Fsp3) is 0.588. The summed E-state index contributed by atoms with van der Waals surface area (Å²) in [6.07, 6.45) is 3.52. The minimum Gasteiger partial charge on any atom is -0.486 e. The molecule has 3 rings (SSSR count). The Kier molecular flexibility index (Phi) is 4.04. The Labute approximate surface area is 125 Å². The lowest BCUT2D eigenvalue weighted by atomic mass is 9.78. The largest absolute Gasteiger partial charge is 0.486 e. The van der Waals surface area contributed by atoms with Crippen molar-refractivity contribution in [3.05, 3.63) is 23.8 Å². The van der Waals surface area contributed by atoms with Gasteiger partial charge in [0.1, 0.15) is 13.2 Å². The van der Waals surface area contributed by atoms with Gasteiger partial charge < -0.3 is 14.8 Å². The predicted octanol–water partition coefficient (Wildman–Crippen LogP) is 3.01. The van der Waals surface area contributed by atoms with E-state index in [2.05, 4.69) is 19.2 Å². The molecule has 0 bridgehead atoms. The van der Waals surface area contributed by atoms with Gasteiger partial charge in [0.2, 0.25) is 0 Å². The maximum absolute atomic E-state index is 12.4. The number of nitrogens with one attached hydrogen (secondary N) is 1. The van der Waals surface area contributed by atoms with E-state index in [1.54, 1.807) is 12.1 Å². The summed E-state index contributed by atoms with van der Waals surface area (Å²) < 4.78 is 11.0. The molecule has 0 unspecified atom stereocenters. The number of carbonyl (C=O) groups is 1. The van der Waals surface area contributed by atoms with Gasteiger partial charge in [-0.2, -0.15) is 0 Å². The van der Waals surface area contributed by atoms with Crippen LogP contribution in [0.15, 0.2) is 18.2 Å². The summed E-state index contributed by atoms with van der Waals surface area (Å²) in [4.78, 5) is 12.4. The average molecular weight is 289 g/mol. The molecular weight excluding hydrogens is 266 g/mol. The summed E-state index contributed by atoms with van der Waals surface area (Å²) in [6, 6.07) is 5.67. The van der Waals surface area contributed by atoms with E-state index in [4.69, 9.17) is 9.47 Å². The molecule has 4 heteroatoms. The third-order valence-electron chi connectivity index (χ3n) is 4.83. The van der Waals surface area contributed by atoms with Crippen LogP contribution in [0.5, 0.6) is 11.5 Å². The van der Waals surface area contributed by atoms with Crippen LogP contribution in [0.2, 0.25) is 0 Å². The zero-order valence-corrected chi connectivity index (χ0v) is 12.7. The van der Waals surface area contributed by atoms with Crippen molar-refractivity contribution >= 4 is 5.91 Å². The summed E-state index contributed by atoms with van der Waals surface area (Å²) in [7, 11) is 0. The van der Waals surface area contributed by atoms with Gasteiger partial charge in [-0.25, -0.2) is 0 Å². The van der Waals surface area contributed by atoms with Crippen LogP contribution in [0.4, 0.5) is 0 Å². The van der Waals surface area contributed by atoms with Gasteiger partial charge in [0.15, 0.2) is 11.5 Å². The highest BCUT2D eigenvalue weighted by Gasteiger charge is 2.28. The van der Waals surface area contributed by atoms with Crippen molar-refractivity contribution in [3.8, 4) is 11.5 Å². The molecule has 1 fully saturated rings. The Morgan fingerprint density at radius 2 is 1.90 bits per heavy atom. The van der Waals surface area contributed by atoms with Gasteiger partial charge in [-0.15, -0.1) is 0 Å². The monoisotopic (exact) mass is 289 g/mol. The number of rotatable bonds is 2. The lowest BCUT2D eigenvalue weighted by Gasteiger charge is -2.34. The number of carbonyl (C=O) groups excluding carboxylic acids is 1. The molecule has 0 radical (unpaired) electrons. The molecule has 1 saturated carbocycles. The molecule has 1 aliphatic carbocycles. The number of hydrogen-bond donors (Lipinski definition) is 1. The third-order valence-corrected chi connectivity index (χ3v) is 4.83. The van der Waals surface area contributed by atoms with Crippen molar-refractivity contribution in [1.82, 2.24) is 5.32 Å². The molecular formula is C17H23NO3. The first kappa shape index (κ1) is 14.2. The lowest BCUT2D eigenvalue weighted by Crippen LogP contribution is -2.43. The van der Waals surface area contributed by atoms with E-state index in [9.17, 15) is 4.79 Å². The Morgan fingerprint density at radius 3 is 2.71 bits per heavy atom. The van der Waals surface area contributed by atoms with Crippen LogP contribution < -0.4 is 14.8 Å². The van der Waals surface area contributed by atoms with Gasteiger partial charge in [0.05, 0.1) is 0 Å². The molecule has 1 aliphatic heterocycles. The molecule has 1 heterocycles. The Bertz CT molecular complexity index is 529. The number of ether oxygens (including phenoxy) is 2. The average Bonchev–Trinajstić information content (AvgIpc) is 2.51. The molecule has 1 amide bonds. The minimum atomic E-state index is -0.0158. The topological polar surface area (TPSA) is 47.6 Å². The molecule has 1 aromatic carbocycles. The lowest BCUT2D eigenvalue weighted by molar-refractivity contribution is 0.0890. The number of fused-ring (bicyclic) bond motifs is 1. The second-order valence-corrected chi connectivity index (χ2v) is 6.21. The van der Waals surface area contributed by atoms with E-state index >= 15 is 0 Å². The molecule has 4 nitrogen and oxygen atoms in total. The molecule has 0 spiro atoms. The second-order valence-electron chi connectivity index (χ2n) is 6.21. The van der Waals surface area contributed by atoms with Crippen molar-refractivity contribution < 1.29 is 14.3 Å². The van der Waals surface area contributed by atoms with E-state index in [-0.39, 0.29) is 11.9 Å². The Hall–Kier alpha value is -1.71. The first-order valence-electron chi connectivity index (χ1n) is 7.85. The second kappa shape index (κ2) is 5.96. The molecule has 3 atom stereocenters. The predicted molar refractivity (Wildman–Crippen MR) is 80.9 cm³/mol. The molecule has 114 valence electrons. The van der Waals surface area contributed by atoms with Crippen LogP contribution in [0.3, 0.4) is 0 Å². The van der Waals surface area contributed by atoms with Crippen LogP contribution in [-0.2, 0) is 0 Å². The highest BCUT2D eigenvalue weighted by Crippen LogP contribution is 2.32. The normalized spacial score (nSPS) is 28.0. The zero-order valence-electron chi connectivity index (χ0n) is 12.7. The van der Waals surface area contributed by atoms with Crippen molar-refractivity contribution in [2.24, 2.45) is 11.8 Å². The summed E-state index contributed by atoms with van der Waals surface area (Å²) in [6.45, 7) is 5.61. The number of benzene rings is 1. The highest BCUT2D eigenvalue weighted by molar-refractivity contribution is 5.95. The molecule has 0 aromatic heterocycles. The van der Waals surface area contributed by atoms with Crippen LogP contribution in [0.25, 0.3) is 0 Å². The van der Waals surface area contributed by atoms with Crippen molar-refractivity contribution in [3.63, 3.8) is 0 Å². The van der Waals surface area contributed by atoms with E-state index in [0.717, 1.165) is 12.2 Å². The Balaban J connectivity index is 1.70. The summed E-state index contributed by atoms with van der Waals surface area (Å²) in [5.74, 6) is 2.57. The first-order valence-corrected chi connectivity index (χ1v) is 7.85. The maximum Gasteiger partial charge on any atom is 0.251 e. The van der Waals surface area contributed by atoms with Crippen LogP contribution >= 0.6 is 0 Å². The summed E-state index contributed by atoms with van der Waals surface area (Å²) in [5.41, 5.74) is 0.643. The highest BCUT2D eigenvalue weighted by atomic mass is 16.6. The van der Waals surface area contributed by atoms with E-state index < -0.39 is 0 Å². The zero-order chi connectivity index (χ0) is 14.8. The first-order chi connectivity index (χ1) is 10.1. The van der Waals surface area contributed by atoms with Gasteiger partial charge in [-0.1, -0.05) is 26.7 Å². The van der Waals surface area contributed by atoms with Gasteiger partial charge in [-0.05, 0) is 36.5 Å². The van der Waals surface area contributed by atoms with E-state index in [0.29, 0.717) is 36.4 Å². The van der Waals surface area contributed by atoms with Crippen LogP contribution in [-0.4, -0.2) is 25.2 Å². The molecule has 0 saturated heterocycles. The van der Waals surface area contributed by atoms with Gasteiger partial charge in [-0.3, -0.25) is 4.79 Å². The number of amides is 1. The van der Waals surface area contributed by atoms with Crippen LogP contribution in [0, 0.1) is 11.8 Å². The van der Waals surface area contributed by atoms with Crippen molar-refractivity contribution in [2.75, 3.05) is 13.2 Å². The fourth-order valence-electron chi connectivity index (χ4n) is 3.22. The van der Waals surface area contributed by atoms with Gasteiger partial charge in [0.25, 0.3) is 5.91 Å². The van der Waals surface area contributed by atoms with Crippen molar-refractivity contribution in [1.29, 1.82) is 0 Å². The maximum atomic E-state index is 12.4. The van der Waals surface area contributed by atoms with E-state index in [1.807, 2.05) is 6.07 Å². The molecule has 2 aliphatic rings. The van der Waals surface area contributed by atoms with Gasteiger partial charge in [0, 0.05) is 11.6 Å². The molecule has 21 heavy (non-hydrogen) atoms. The fourth-order valence-corrected chi connectivity index (χ4v) is 3.22. The minimum absolute atomic E-state index is 0.0158. The van der Waals surface area contributed by atoms with E-state index in [1.165, 1.54) is 12.8 Å². The number of hydrogen-bond acceptors (Lipinski definition) is 3. The Morgan fingerprint density at radius 1 is 1.14 bits per heavy atom.